The zero-order valence-electron chi connectivity index (χ0n) is 10.2. The average molecular weight is 231 g/mol. The maximum atomic E-state index is 5.80. The summed E-state index contributed by atoms with van der Waals surface area (Å²) < 4.78 is 7.57. The number of nitrogens with one attached hydrogen (secondary N) is 1. The van der Waals surface area contributed by atoms with Gasteiger partial charge in [0, 0.05) is 30.9 Å². The van der Waals surface area contributed by atoms with E-state index in [0.29, 0.717) is 6.61 Å². The lowest BCUT2D eigenvalue weighted by molar-refractivity contribution is 0.302. The second-order valence-electron chi connectivity index (χ2n) is 3.95. The van der Waals surface area contributed by atoms with E-state index in [1.54, 1.807) is 4.68 Å². The fourth-order valence-electron chi connectivity index (χ4n) is 1.69. The number of ether oxygens (including phenoxy) is 1. The Morgan fingerprint density at radius 3 is 2.88 bits per heavy atom. The summed E-state index contributed by atoms with van der Waals surface area (Å²) in [5.74, 6) is 0.922. The molecule has 90 valence electrons. The fourth-order valence-corrected chi connectivity index (χ4v) is 1.69. The minimum Gasteiger partial charge on any atom is -0.488 e. The van der Waals surface area contributed by atoms with Gasteiger partial charge in [0.2, 0.25) is 0 Å². The van der Waals surface area contributed by atoms with Gasteiger partial charge in [-0.25, -0.2) is 0 Å². The van der Waals surface area contributed by atoms with Crippen molar-refractivity contribution in [1.29, 1.82) is 0 Å². The van der Waals surface area contributed by atoms with Crippen LogP contribution in [0.25, 0.3) is 0 Å². The van der Waals surface area contributed by atoms with Crippen LogP contribution in [0.4, 0.5) is 0 Å². The summed E-state index contributed by atoms with van der Waals surface area (Å²) in [4.78, 5) is 0. The van der Waals surface area contributed by atoms with Crippen molar-refractivity contribution in [1.82, 2.24) is 15.1 Å². The van der Waals surface area contributed by atoms with Crippen LogP contribution in [0.15, 0.2) is 36.7 Å². The van der Waals surface area contributed by atoms with Gasteiger partial charge in [0.15, 0.2) is 0 Å². The van der Waals surface area contributed by atoms with E-state index in [-0.39, 0.29) is 0 Å². The summed E-state index contributed by atoms with van der Waals surface area (Å²) in [7, 11) is 3.83. The molecule has 4 nitrogen and oxygen atoms in total. The van der Waals surface area contributed by atoms with Gasteiger partial charge in [0.05, 0.1) is 6.20 Å². The normalized spacial score (nSPS) is 10.5. The molecular formula is C13H17N3O. The topological polar surface area (TPSA) is 39.1 Å². The van der Waals surface area contributed by atoms with E-state index in [9.17, 15) is 0 Å². The van der Waals surface area contributed by atoms with Crippen LogP contribution in [0.2, 0.25) is 0 Å². The quantitative estimate of drug-likeness (QED) is 0.851. The second kappa shape index (κ2) is 5.50. The van der Waals surface area contributed by atoms with Crippen LogP contribution in [-0.4, -0.2) is 16.8 Å². The highest BCUT2D eigenvalue weighted by molar-refractivity contribution is 5.33. The molecule has 2 aromatic rings. The van der Waals surface area contributed by atoms with Gasteiger partial charge < -0.3 is 10.1 Å². The number of benzene rings is 1. The van der Waals surface area contributed by atoms with Crippen LogP contribution in [0.5, 0.6) is 5.75 Å². The molecule has 0 saturated heterocycles. The van der Waals surface area contributed by atoms with Crippen molar-refractivity contribution in [3.8, 4) is 5.75 Å². The zero-order chi connectivity index (χ0) is 12.1. The zero-order valence-corrected chi connectivity index (χ0v) is 10.2. The van der Waals surface area contributed by atoms with Gasteiger partial charge in [-0.05, 0) is 13.1 Å². The molecule has 0 fully saturated rings. The summed E-state index contributed by atoms with van der Waals surface area (Å²) in [5.41, 5.74) is 2.24. The molecule has 2 rings (SSSR count). The molecule has 1 aromatic carbocycles. The monoisotopic (exact) mass is 231 g/mol. The number of aromatic nitrogens is 2. The Morgan fingerprint density at radius 2 is 2.18 bits per heavy atom. The molecule has 0 unspecified atom stereocenters. The standard InChI is InChI=1S/C13H17N3O/c1-14-8-12-5-3-4-6-13(12)17-10-11-7-15-16(2)9-11/h3-7,9,14H,8,10H2,1-2H3. The van der Waals surface area contributed by atoms with Gasteiger partial charge in [-0.2, -0.15) is 5.10 Å². The lowest BCUT2D eigenvalue weighted by Crippen LogP contribution is -2.07. The van der Waals surface area contributed by atoms with Crippen molar-refractivity contribution in [2.24, 2.45) is 7.05 Å². The van der Waals surface area contributed by atoms with Gasteiger partial charge in [-0.3, -0.25) is 4.68 Å². The van der Waals surface area contributed by atoms with Crippen molar-refractivity contribution >= 4 is 0 Å². The number of nitrogens with zero attached hydrogens (tertiary/aromatic N) is 2. The molecule has 0 radical (unpaired) electrons. The molecule has 0 aliphatic carbocycles. The number of rotatable bonds is 5. The molecule has 0 spiro atoms. The maximum absolute atomic E-state index is 5.80. The number of aryl methyl sites for hydroxylation is 1. The van der Waals surface area contributed by atoms with Crippen molar-refractivity contribution in [3.05, 3.63) is 47.8 Å². The van der Waals surface area contributed by atoms with Gasteiger partial charge in [-0.15, -0.1) is 0 Å². The van der Waals surface area contributed by atoms with Crippen molar-refractivity contribution in [2.45, 2.75) is 13.2 Å². The van der Waals surface area contributed by atoms with E-state index in [4.69, 9.17) is 4.74 Å². The number of hydrogen-bond acceptors (Lipinski definition) is 3. The summed E-state index contributed by atoms with van der Waals surface area (Å²) in [6.45, 7) is 1.36. The minimum absolute atomic E-state index is 0.550. The predicted molar refractivity (Wildman–Crippen MR) is 66.7 cm³/mol. The van der Waals surface area contributed by atoms with Crippen LogP contribution in [-0.2, 0) is 20.2 Å². The third-order valence-electron chi connectivity index (χ3n) is 2.49. The highest BCUT2D eigenvalue weighted by Gasteiger charge is 2.03. The van der Waals surface area contributed by atoms with Crippen LogP contribution in [0.1, 0.15) is 11.1 Å². The van der Waals surface area contributed by atoms with Crippen molar-refractivity contribution < 1.29 is 4.74 Å². The molecule has 0 saturated carbocycles. The van der Waals surface area contributed by atoms with E-state index < -0.39 is 0 Å². The first-order chi connectivity index (χ1) is 8.29. The van der Waals surface area contributed by atoms with Gasteiger partial charge in [0.1, 0.15) is 12.4 Å². The average Bonchev–Trinajstić information content (AvgIpc) is 2.74. The summed E-state index contributed by atoms with van der Waals surface area (Å²) in [6.07, 6.45) is 3.78. The highest BCUT2D eigenvalue weighted by Crippen LogP contribution is 2.18. The first-order valence-electron chi connectivity index (χ1n) is 5.62. The molecule has 4 heteroatoms. The molecule has 0 amide bonds. The SMILES string of the molecule is CNCc1ccccc1OCc1cnn(C)c1. The Morgan fingerprint density at radius 1 is 1.35 bits per heavy atom. The Labute approximate surface area is 101 Å². The summed E-state index contributed by atoms with van der Waals surface area (Å²) in [6, 6.07) is 8.06. The molecule has 0 bridgehead atoms. The van der Waals surface area contributed by atoms with E-state index in [2.05, 4.69) is 16.5 Å². The summed E-state index contributed by atoms with van der Waals surface area (Å²) >= 11 is 0. The van der Waals surface area contributed by atoms with E-state index >= 15 is 0 Å². The van der Waals surface area contributed by atoms with E-state index in [1.807, 2.05) is 44.7 Å². The smallest absolute Gasteiger partial charge is 0.124 e. The number of hydrogen-bond donors (Lipinski definition) is 1. The van der Waals surface area contributed by atoms with E-state index in [1.165, 1.54) is 5.56 Å². The molecule has 1 heterocycles. The van der Waals surface area contributed by atoms with Crippen LogP contribution >= 0.6 is 0 Å². The third kappa shape index (κ3) is 3.07. The van der Waals surface area contributed by atoms with Gasteiger partial charge in [0.25, 0.3) is 0 Å². The Kier molecular flexibility index (Phi) is 3.77. The summed E-state index contributed by atoms with van der Waals surface area (Å²) in [5, 5.41) is 7.24. The molecule has 1 aromatic heterocycles. The largest absolute Gasteiger partial charge is 0.488 e. The van der Waals surface area contributed by atoms with Crippen molar-refractivity contribution in [3.63, 3.8) is 0 Å². The maximum Gasteiger partial charge on any atom is 0.124 e. The van der Waals surface area contributed by atoms with Crippen molar-refractivity contribution in [2.75, 3.05) is 7.05 Å². The lowest BCUT2D eigenvalue weighted by Gasteiger charge is -2.10. The van der Waals surface area contributed by atoms with E-state index in [0.717, 1.165) is 17.9 Å². The van der Waals surface area contributed by atoms with Gasteiger partial charge >= 0.3 is 0 Å². The first-order valence-corrected chi connectivity index (χ1v) is 5.62. The first kappa shape index (κ1) is 11.7. The molecule has 0 atom stereocenters. The lowest BCUT2D eigenvalue weighted by atomic mass is 10.2. The third-order valence-corrected chi connectivity index (χ3v) is 2.49. The Balaban J connectivity index is 2.03. The van der Waals surface area contributed by atoms with Crippen LogP contribution in [0.3, 0.4) is 0 Å². The van der Waals surface area contributed by atoms with Gasteiger partial charge in [-0.1, -0.05) is 18.2 Å². The molecule has 1 N–H and O–H groups in total. The van der Waals surface area contributed by atoms with Crippen LogP contribution < -0.4 is 10.1 Å². The molecule has 0 aliphatic rings. The minimum atomic E-state index is 0.550. The second-order valence-corrected chi connectivity index (χ2v) is 3.95. The fraction of sp³-hybridized carbons (Fsp3) is 0.308. The molecular weight excluding hydrogens is 214 g/mol. The Hall–Kier alpha value is -1.81. The predicted octanol–water partition coefficient (Wildman–Crippen LogP) is 1.72. The molecule has 17 heavy (non-hydrogen) atoms. The van der Waals surface area contributed by atoms with Crippen LogP contribution in [0, 0.1) is 0 Å². The number of para-hydroxylation sites is 1. The molecule has 0 aliphatic heterocycles. The Bertz CT molecular complexity index is 479. The highest BCUT2D eigenvalue weighted by atomic mass is 16.5.